The molecule has 1 aromatic heterocycles. The van der Waals surface area contributed by atoms with Crippen molar-refractivity contribution in [1.29, 1.82) is 0 Å². The van der Waals surface area contributed by atoms with Crippen LogP contribution < -0.4 is 9.14 Å². The topological polar surface area (TPSA) is 65.5 Å². The van der Waals surface area contributed by atoms with E-state index in [4.69, 9.17) is 11.8 Å². The molecule has 1 N–H and O–H groups in total. The van der Waals surface area contributed by atoms with Crippen molar-refractivity contribution in [2.75, 3.05) is 28.8 Å². The molecule has 1 aromatic carbocycles. The van der Waals surface area contributed by atoms with Gasteiger partial charge in [0.1, 0.15) is 0 Å². The minimum Gasteiger partial charge on any atom is -0.383 e. The summed E-state index contributed by atoms with van der Waals surface area (Å²) in [5.74, 6) is 0.736. The van der Waals surface area contributed by atoms with Crippen molar-refractivity contribution in [2.24, 2.45) is 5.92 Å². The standard InChI is InChI=1S/C18H23ClN4O2S2/c1-14-11-18(7-2-9-22(18)12-14)13-21-15-3-5-16(6-4-15)27(24,25)23(19)17-20-8-10-26-17/h3-6,8,10,14,21H,2,7,9,11-13H2,1H3/t14-,18+/m0/s1. The highest BCUT2D eigenvalue weighted by Gasteiger charge is 2.46. The van der Waals surface area contributed by atoms with Crippen molar-refractivity contribution in [3.8, 4) is 0 Å². The van der Waals surface area contributed by atoms with E-state index >= 15 is 0 Å². The molecule has 9 heteroatoms. The maximum atomic E-state index is 12.6. The number of anilines is 2. The molecule has 2 aliphatic heterocycles. The molecule has 2 aromatic rings. The predicted octanol–water partition coefficient (Wildman–Crippen LogP) is 3.78. The van der Waals surface area contributed by atoms with Crippen LogP contribution in [0.15, 0.2) is 40.7 Å². The highest BCUT2D eigenvalue weighted by Crippen LogP contribution is 2.41. The van der Waals surface area contributed by atoms with Crippen LogP contribution in [-0.2, 0) is 10.0 Å². The fourth-order valence-electron chi connectivity index (χ4n) is 4.38. The van der Waals surface area contributed by atoms with E-state index in [1.54, 1.807) is 29.6 Å². The summed E-state index contributed by atoms with van der Waals surface area (Å²) in [7, 11) is -3.82. The normalized spacial score (nSPS) is 25.5. The second kappa shape index (κ2) is 7.24. The zero-order valence-corrected chi connectivity index (χ0v) is 17.5. The number of benzene rings is 1. The minimum absolute atomic E-state index is 0.147. The van der Waals surface area contributed by atoms with Gasteiger partial charge in [0.05, 0.1) is 4.90 Å². The van der Waals surface area contributed by atoms with Crippen LogP contribution in [-0.4, -0.2) is 43.5 Å². The van der Waals surface area contributed by atoms with Crippen LogP contribution in [0.2, 0.25) is 0 Å². The Morgan fingerprint density at radius 2 is 2.19 bits per heavy atom. The molecule has 4 rings (SSSR count). The summed E-state index contributed by atoms with van der Waals surface area (Å²) in [4.78, 5) is 6.71. The van der Waals surface area contributed by atoms with Gasteiger partial charge in [0, 0.05) is 47.7 Å². The number of nitrogens with zero attached hydrogens (tertiary/aromatic N) is 3. The van der Waals surface area contributed by atoms with Crippen molar-refractivity contribution in [3.05, 3.63) is 35.8 Å². The molecule has 0 radical (unpaired) electrons. The number of nitrogens with one attached hydrogen (secondary N) is 1. The first-order valence-electron chi connectivity index (χ1n) is 9.10. The van der Waals surface area contributed by atoms with Crippen LogP contribution in [0.1, 0.15) is 26.2 Å². The van der Waals surface area contributed by atoms with Gasteiger partial charge in [0.2, 0.25) is 5.13 Å². The molecule has 146 valence electrons. The Morgan fingerprint density at radius 1 is 1.41 bits per heavy atom. The Kier molecular flexibility index (Phi) is 5.09. The fourth-order valence-corrected chi connectivity index (χ4v) is 6.57. The van der Waals surface area contributed by atoms with Crippen LogP contribution in [0.4, 0.5) is 10.8 Å². The molecule has 2 atom stereocenters. The van der Waals surface area contributed by atoms with Crippen LogP contribution in [0, 0.1) is 5.92 Å². The Labute approximate surface area is 169 Å². The van der Waals surface area contributed by atoms with Crippen molar-refractivity contribution >= 4 is 44.0 Å². The van der Waals surface area contributed by atoms with E-state index in [9.17, 15) is 8.42 Å². The third kappa shape index (κ3) is 3.55. The zero-order valence-electron chi connectivity index (χ0n) is 15.1. The average Bonchev–Trinajstić information content (AvgIpc) is 3.35. The van der Waals surface area contributed by atoms with Gasteiger partial charge in [0.15, 0.2) is 0 Å². The van der Waals surface area contributed by atoms with Crippen LogP contribution in [0.25, 0.3) is 0 Å². The molecule has 0 bridgehead atoms. The maximum Gasteiger partial charge on any atom is 0.280 e. The highest BCUT2D eigenvalue weighted by atomic mass is 35.5. The van der Waals surface area contributed by atoms with Gasteiger partial charge in [-0.2, -0.15) is 8.42 Å². The largest absolute Gasteiger partial charge is 0.383 e. The second-order valence-electron chi connectivity index (χ2n) is 7.50. The van der Waals surface area contributed by atoms with Gasteiger partial charge in [-0.3, -0.25) is 4.90 Å². The molecule has 0 saturated carbocycles. The van der Waals surface area contributed by atoms with Gasteiger partial charge in [-0.25, -0.2) is 4.98 Å². The zero-order chi connectivity index (χ0) is 19.1. The van der Waals surface area contributed by atoms with Gasteiger partial charge >= 0.3 is 0 Å². The van der Waals surface area contributed by atoms with Crippen molar-refractivity contribution in [3.63, 3.8) is 0 Å². The summed E-state index contributed by atoms with van der Waals surface area (Å²) < 4.78 is 26.0. The van der Waals surface area contributed by atoms with E-state index < -0.39 is 10.0 Å². The molecule has 2 aliphatic rings. The summed E-state index contributed by atoms with van der Waals surface area (Å²) >= 11 is 7.18. The Balaban J connectivity index is 1.45. The van der Waals surface area contributed by atoms with E-state index in [2.05, 4.69) is 22.1 Å². The van der Waals surface area contributed by atoms with Crippen LogP contribution in [0.5, 0.6) is 0 Å². The lowest BCUT2D eigenvalue weighted by atomic mass is 9.90. The smallest absolute Gasteiger partial charge is 0.280 e. The predicted molar refractivity (Wildman–Crippen MR) is 110 cm³/mol. The number of rotatable bonds is 6. The van der Waals surface area contributed by atoms with Gasteiger partial charge in [0.25, 0.3) is 10.0 Å². The van der Waals surface area contributed by atoms with Crippen molar-refractivity contribution in [1.82, 2.24) is 9.88 Å². The highest BCUT2D eigenvalue weighted by molar-refractivity contribution is 7.94. The number of sulfonamides is 1. The summed E-state index contributed by atoms with van der Waals surface area (Å²) in [5.41, 5.74) is 1.17. The summed E-state index contributed by atoms with van der Waals surface area (Å²) in [6, 6.07) is 6.77. The number of halogens is 1. The van der Waals surface area contributed by atoms with Crippen molar-refractivity contribution in [2.45, 2.75) is 36.6 Å². The lowest BCUT2D eigenvalue weighted by molar-refractivity contribution is 0.209. The SMILES string of the molecule is C[C@@H]1CN2CCC[C@]2(CNc2ccc(S(=O)(=O)N(Cl)c3nccs3)cc2)C1. The summed E-state index contributed by atoms with van der Waals surface area (Å²) in [6.45, 7) is 5.58. The molecule has 0 spiro atoms. The second-order valence-corrected chi connectivity index (χ2v) is 10.7. The molecule has 2 saturated heterocycles. The average molecular weight is 427 g/mol. The molecule has 6 nitrogen and oxygen atoms in total. The first-order valence-corrected chi connectivity index (χ1v) is 11.8. The quantitative estimate of drug-likeness (QED) is 0.712. The molecule has 0 aliphatic carbocycles. The molecule has 27 heavy (non-hydrogen) atoms. The first-order chi connectivity index (χ1) is 12.9. The molecule has 2 fully saturated rings. The van der Waals surface area contributed by atoms with E-state index in [0.717, 1.165) is 18.2 Å². The van der Waals surface area contributed by atoms with Crippen LogP contribution >= 0.6 is 23.1 Å². The number of hydrogen-bond acceptors (Lipinski definition) is 6. The molecular weight excluding hydrogens is 404 g/mol. The van der Waals surface area contributed by atoms with Gasteiger partial charge in [-0.15, -0.1) is 15.2 Å². The Morgan fingerprint density at radius 3 is 2.89 bits per heavy atom. The van der Waals surface area contributed by atoms with E-state index in [1.165, 1.54) is 49.9 Å². The third-order valence-electron chi connectivity index (χ3n) is 5.56. The lowest BCUT2D eigenvalue weighted by Crippen LogP contribution is -2.44. The number of thiazole rings is 1. The van der Waals surface area contributed by atoms with E-state index in [1.807, 2.05) is 0 Å². The van der Waals surface area contributed by atoms with Gasteiger partial charge in [-0.1, -0.05) is 6.92 Å². The van der Waals surface area contributed by atoms with E-state index in [-0.39, 0.29) is 15.6 Å². The van der Waals surface area contributed by atoms with Crippen LogP contribution in [0.3, 0.4) is 0 Å². The maximum absolute atomic E-state index is 12.6. The monoisotopic (exact) mass is 426 g/mol. The molecule has 0 amide bonds. The van der Waals surface area contributed by atoms with Crippen molar-refractivity contribution < 1.29 is 8.42 Å². The third-order valence-corrected chi connectivity index (χ3v) is 8.70. The number of hydrogen-bond donors (Lipinski definition) is 1. The first kappa shape index (κ1) is 19.0. The minimum atomic E-state index is -3.82. The van der Waals surface area contributed by atoms with E-state index in [0.29, 0.717) is 3.82 Å². The lowest BCUT2D eigenvalue weighted by Gasteiger charge is -2.32. The molecule has 0 unspecified atom stereocenters. The van der Waals surface area contributed by atoms with Gasteiger partial charge < -0.3 is 5.32 Å². The summed E-state index contributed by atoms with van der Waals surface area (Å²) in [5, 5.41) is 5.43. The molecular formula is C18H23ClN4O2S2. The molecule has 3 heterocycles. The Bertz CT molecular complexity index is 889. The number of fused-ring (bicyclic) bond motifs is 1. The Hall–Kier alpha value is -1.35. The van der Waals surface area contributed by atoms with Gasteiger partial charge in [-0.05, 0) is 56.0 Å². The fraction of sp³-hybridized carbons (Fsp3) is 0.500. The summed E-state index contributed by atoms with van der Waals surface area (Å²) in [6.07, 6.45) is 5.23. The number of aromatic nitrogens is 1.